The summed E-state index contributed by atoms with van der Waals surface area (Å²) >= 11 is 5.21. The highest BCUT2D eigenvalue weighted by Crippen LogP contribution is 2.22. The molecule has 0 nitrogen and oxygen atoms in total. The summed E-state index contributed by atoms with van der Waals surface area (Å²) in [4.78, 5) is 0. The molecule has 0 aliphatic rings. The molecule has 0 atom stereocenters. The molecule has 0 amide bonds. The smallest absolute Gasteiger partial charge is 0.141 e. The zero-order valence-corrected chi connectivity index (χ0v) is 9.03. The molecule has 1 aromatic rings. The lowest BCUT2D eigenvalue weighted by molar-refractivity contribution is 0.610. The molecule has 0 aromatic heterocycles. The number of hydrogen-bond acceptors (Lipinski definition) is 0. The molecular formula is C7H5BrFI. The van der Waals surface area contributed by atoms with E-state index in [4.69, 9.17) is 0 Å². The third-order valence-electron chi connectivity index (χ3n) is 1.27. The van der Waals surface area contributed by atoms with Crippen molar-refractivity contribution >= 4 is 38.5 Å². The van der Waals surface area contributed by atoms with E-state index in [-0.39, 0.29) is 5.82 Å². The third kappa shape index (κ3) is 1.50. The second-order valence-electron chi connectivity index (χ2n) is 1.97. The molecule has 0 unspecified atom stereocenters. The molecule has 0 aliphatic carbocycles. The number of benzene rings is 1. The van der Waals surface area contributed by atoms with Gasteiger partial charge in [0.1, 0.15) is 5.82 Å². The van der Waals surface area contributed by atoms with Crippen LogP contribution < -0.4 is 0 Å². The standard InChI is InChI=1S/C7H5BrFI/c1-4-6(10)3-2-5(8)7(4)9/h2-3H,1H3. The topological polar surface area (TPSA) is 0 Å². The summed E-state index contributed by atoms with van der Waals surface area (Å²) in [7, 11) is 0. The summed E-state index contributed by atoms with van der Waals surface area (Å²) in [5.41, 5.74) is 0.704. The summed E-state index contributed by atoms with van der Waals surface area (Å²) < 4.78 is 14.4. The molecule has 0 aliphatic heterocycles. The fourth-order valence-corrected chi connectivity index (χ4v) is 1.47. The maximum Gasteiger partial charge on any atom is 0.141 e. The van der Waals surface area contributed by atoms with Crippen LogP contribution >= 0.6 is 38.5 Å². The number of halogens is 3. The van der Waals surface area contributed by atoms with Crippen molar-refractivity contribution in [2.75, 3.05) is 0 Å². The van der Waals surface area contributed by atoms with E-state index in [0.717, 1.165) is 3.57 Å². The van der Waals surface area contributed by atoms with Gasteiger partial charge in [0.25, 0.3) is 0 Å². The first-order valence-electron chi connectivity index (χ1n) is 2.73. The summed E-state index contributed by atoms with van der Waals surface area (Å²) in [6, 6.07) is 3.59. The maximum absolute atomic E-state index is 12.9. The van der Waals surface area contributed by atoms with Crippen LogP contribution in [0, 0.1) is 16.3 Å². The first-order chi connectivity index (χ1) is 4.63. The van der Waals surface area contributed by atoms with Gasteiger partial charge in [-0.3, -0.25) is 0 Å². The van der Waals surface area contributed by atoms with Gasteiger partial charge < -0.3 is 0 Å². The van der Waals surface area contributed by atoms with Crippen molar-refractivity contribution in [1.82, 2.24) is 0 Å². The first-order valence-corrected chi connectivity index (χ1v) is 4.60. The zero-order valence-electron chi connectivity index (χ0n) is 5.29. The van der Waals surface area contributed by atoms with Gasteiger partial charge in [0.15, 0.2) is 0 Å². The van der Waals surface area contributed by atoms with E-state index in [0.29, 0.717) is 10.0 Å². The van der Waals surface area contributed by atoms with Crippen molar-refractivity contribution in [3.05, 3.63) is 31.6 Å². The summed E-state index contributed by atoms with van der Waals surface area (Å²) in [5, 5.41) is 0. The molecular weight excluding hydrogens is 310 g/mol. The van der Waals surface area contributed by atoms with E-state index >= 15 is 0 Å². The predicted molar refractivity (Wildman–Crippen MR) is 51.6 cm³/mol. The molecule has 0 fully saturated rings. The highest BCUT2D eigenvalue weighted by molar-refractivity contribution is 14.1. The normalized spacial score (nSPS) is 10.0. The van der Waals surface area contributed by atoms with Crippen LogP contribution in [0.2, 0.25) is 0 Å². The molecule has 1 aromatic carbocycles. The monoisotopic (exact) mass is 314 g/mol. The van der Waals surface area contributed by atoms with Crippen molar-refractivity contribution in [2.24, 2.45) is 0 Å². The molecule has 10 heavy (non-hydrogen) atoms. The van der Waals surface area contributed by atoms with Gasteiger partial charge in [-0.1, -0.05) is 0 Å². The Labute approximate surface area is 81.1 Å². The van der Waals surface area contributed by atoms with Gasteiger partial charge >= 0.3 is 0 Å². The molecule has 0 bridgehead atoms. The van der Waals surface area contributed by atoms with Gasteiger partial charge in [-0.25, -0.2) is 4.39 Å². The third-order valence-corrected chi connectivity index (χ3v) is 3.05. The lowest BCUT2D eigenvalue weighted by Crippen LogP contribution is -1.86. The Morgan fingerprint density at radius 3 is 2.60 bits per heavy atom. The van der Waals surface area contributed by atoms with Crippen molar-refractivity contribution in [2.45, 2.75) is 6.92 Å². The maximum atomic E-state index is 12.9. The highest BCUT2D eigenvalue weighted by Gasteiger charge is 2.04. The minimum atomic E-state index is -0.160. The van der Waals surface area contributed by atoms with E-state index in [1.807, 2.05) is 6.07 Å². The van der Waals surface area contributed by atoms with E-state index in [2.05, 4.69) is 38.5 Å². The lowest BCUT2D eigenvalue weighted by Gasteiger charge is -2.00. The van der Waals surface area contributed by atoms with Gasteiger partial charge in [0.05, 0.1) is 4.47 Å². The quantitative estimate of drug-likeness (QED) is 0.508. The van der Waals surface area contributed by atoms with Crippen LogP contribution in [-0.4, -0.2) is 0 Å². The number of hydrogen-bond donors (Lipinski definition) is 0. The molecule has 0 N–H and O–H groups in total. The summed E-state index contributed by atoms with van der Waals surface area (Å²) in [6.45, 7) is 1.77. The van der Waals surface area contributed by atoms with Gasteiger partial charge in [-0.2, -0.15) is 0 Å². The largest absolute Gasteiger partial charge is 0.205 e. The van der Waals surface area contributed by atoms with Crippen LogP contribution in [0.3, 0.4) is 0 Å². The van der Waals surface area contributed by atoms with Crippen LogP contribution in [-0.2, 0) is 0 Å². The van der Waals surface area contributed by atoms with Crippen molar-refractivity contribution in [3.63, 3.8) is 0 Å². The van der Waals surface area contributed by atoms with Crippen molar-refractivity contribution in [1.29, 1.82) is 0 Å². The van der Waals surface area contributed by atoms with Crippen LogP contribution in [0.4, 0.5) is 4.39 Å². The van der Waals surface area contributed by atoms with E-state index in [1.165, 1.54) is 0 Å². The molecule has 0 heterocycles. The minimum absolute atomic E-state index is 0.160. The Morgan fingerprint density at radius 2 is 2.10 bits per heavy atom. The predicted octanol–water partition coefficient (Wildman–Crippen LogP) is 3.50. The Hall–Kier alpha value is 0.360. The molecule has 3 heteroatoms. The molecule has 1 rings (SSSR count). The fourth-order valence-electron chi connectivity index (χ4n) is 0.628. The van der Waals surface area contributed by atoms with Crippen LogP contribution in [0.15, 0.2) is 16.6 Å². The van der Waals surface area contributed by atoms with Gasteiger partial charge in [0, 0.05) is 3.57 Å². The molecule has 0 saturated heterocycles. The average molecular weight is 315 g/mol. The molecule has 0 saturated carbocycles. The summed E-state index contributed by atoms with van der Waals surface area (Å²) in [5.74, 6) is -0.160. The lowest BCUT2D eigenvalue weighted by atomic mass is 10.2. The van der Waals surface area contributed by atoms with E-state index < -0.39 is 0 Å². The van der Waals surface area contributed by atoms with Gasteiger partial charge in [-0.05, 0) is 63.1 Å². The van der Waals surface area contributed by atoms with Crippen molar-refractivity contribution in [3.8, 4) is 0 Å². The average Bonchev–Trinajstić information content (AvgIpc) is 1.93. The van der Waals surface area contributed by atoms with Crippen LogP contribution in [0.5, 0.6) is 0 Å². The summed E-state index contributed by atoms with van der Waals surface area (Å²) in [6.07, 6.45) is 0. The van der Waals surface area contributed by atoms with Crippen LogP contribution in [0.25, 0.3) is 0 Å². The van der Waals surface area contributed by atoms with E-state index in [1.54, 1.807) is 13.0 Å². The molecule has 0 radical (unpaired) electrons. The van der Waals surface area contributed by atoms with Crippen LogP contribution in [0.1, 0.15) is 5.56 Å². The van der Waals surface area contributed by atoms with E-state index in [9.17, 15) is 4.39 Å². The minimum Gasteiger partial charge on any atom is -0.205 e. The first kappa shape index (κ1) is 8.46. The second-order valence-corrected chi connectivity index (χ2v) is 3.98. The molecule has 0 spiro atoms. The zero-order chi connectivity index (χ0) is 7.72. The Balaban J connectivity index is 3.34. The second kappa shape index (κ2) is 3.17. The Kier molecular flexibility index (Phi) is 2.68. The van der Waals surface area contributed by atoms with Gasteiger partial charge in [0.2, 0.25) is 0 Å². The SMILES string of the molecule is Cc1c(I)ccc(Br)c1F. The Bertz CT molecular complexity index is 233. The van der Waals surface area contributed by atoms with Crippen molar-refractivity contribution < 1.29 is 4.39 Å². The highest BCUT2D eigenvalue weighted by atomic mass is 127. The Morgan fingerprint density at radius 1 is 1.50 bits per heavy atom. The fraction of sp³-hybridized carbons (Fsp3) is 0.143. The van der Waals surface area contributed by atoms with Gasteiger partial charge in [-0.15, -0.1) is 0 Å². The molecule has 54 valence electrons. The number of rotatable bonds is 0.